The van der Waals surface area contributed by atoms with Crippen LogP contribution in [0.4, 0.5) is 0 Å². The summed E-state index contributed by atoms with van der Waals surface area (Å²) < 4.78 is 5.59. The number of amides is 1. The summed E-state index contributed by atoms with van der Waals surface area (Å²) in [4.78, 5) is 11.9. The molecule has 3 N–H and O–H groups in total. The fraction of sp³-hybridized carbons (Fsp3) is 0.696. The molecule has 1 aromatic carbocycles. The third-order valence-electron chi connectivity index (χ3n) is 6.51. The normalized spacial score (nSPS) is 33.7. The zero-order valence-electron chi connectivity index (χ0n) is 17.4. The first kappa shape index (κ1) is 19.7. The number of rotatable bonds is 6. The minimum absolute atomic E-state index is 0.0271. The highest BCUT2D eigenvalue weighted by molar-refractivity contribution is 5.78. The molecule has 4 fully saturated rings. The molecule has 2 atom stereocenters. The summed E-state index contributed by atoms with van der Waals surface area (Å²) >= 11 is 0. The van der Waals surface area contributed by atoms with E-state index >= 15 is 0 Å². The molecule has 0 aliphatic heterocycles. The molecule has 4 aliphatic carbocycles. The Morgan fingerprint density at radius 3 is 2.36 bits per heavy atom. The third kappa shape index (κ3) is 4.52. The molecule has 4 saturated carbocycles. The minimum atomic E-state index is -0.428. The lowest BCUT2D eigenvalue weighted by Crippen LogP contribution is -2.64. The summed E-state index contributed by atoms with van der Waals surface area (Å²) in [6.45, 7) is 6.69. The van der Waals surface area contributed by atoms with E-state index in [0.29, 0.717) is 17.6 Å². The Morgan fingerprint density at radius 2 is 1.79 bits per heavy atom. The molecule has 5 nitrogen and oxygen atoms in total. The maximum Gasteiger partial charge on any atom is 0.258 e. The number of aliphatic hydroxyl groups is 1. The molecular weight excluding hydrogens is 352 g/mol. The van der Waals surface area contributed by atoms with E-state index in [2.05, 4.69) is 22.8 Å². The van der Waals surface area contributed by atoms with Crippen LogP contribution in [-0.2, 0) is 11.3 Å². The van der Waals surface area contributed by atoms with Crippen molar-refractivity contribution in [2.75, 3.05) is 6.61 Å². The van der Waals surface area contributed by atoms with Gasteiger partial charge in [-0.2, -0.15) is 0 Å². The zero-order valence-corrected chi connectivity index (χ0v) is 17.4. The van der Waals surface area contributed by atoms with Crippen LogP contribution in [0.25, 0.3) is 0 Å². The van der Waals surface area contributed by atoms with E-state index in [0.717, 1.165) is 25.8 Å². The van der Waals surface area contributed by atoms with Crippen LogP contribution in [0.3, 0.4) is 0 Å². The molecule has 0 unspecified atom stereocenters. The summed E-state index contributed by atoms with van der Waals surface area (Å²) in [5, 5.41) is 17.6. The molecule has 5 rings (SSSR count). The smallest absolute Gasteiger partial charge is 0.258 e. The number of carbonyl (C=O) groups excluding carboxylic acids is 1. The van der Waals surface area contributed by atoms with Crippen LogP contribution < -0.4 is 15.4 Å². The van der Waals surface area contributed by atoms with Gasteiger partial charge in [-0.3, -0.25) is 4.79 Å². The summed E-state index contributed by atoms with van der Waals surface area (Å²) in [6.07, 6.45) is 6.62. The second-order valence-corrected chi connectivity index (χ2v) is 10.6. The Labute approximate surface area is 168 Å². The van der Waals surface area contributed by atoms with Crippen molar-refractivity contribution in [1.82, 2.24) is 10.6 Å². The Morgan fingerprint density at radius 1 is 1.14 bits per heavy atom. The highest BCUT2D eigenvalue weighted by Crippen LogP contribution is 2.57. The van der Waals surface area contributed by atoms with Crippen LogP contribution in [0.15, 0.2) is 24.3 Å². The molecule has 0 radical (unpaired) electrons. The first-order valence-corrected chi connectivity index (χ1v) is 10.6. The molecule has 0 aromatic heterocycles. The van der Waals surface area contributed by atoms with E-state index in [-0.39, 0.29) is 23.6 Å². The van der Waals surface area contributed by atoms with E-state index in [9.17, 15) is 9.90 Å². The van der Waals surface area contributed by atoms with Gasteiger partial charge in [0.15, 0.2) is 6.61 Å². The SMILES string of the molecule is CC(C)(C)NC(=O)COc1ccc(CNC23C[C@H]4C[C@@H](CC(O)(C4)C2)C3)cc1. The van der Waals surface area contributed by atoms with Gasteiger partial charge in [-0.05, 0) is 88.8 Å². The fourth-order valence-electron chi connectivity index (χ4n) is 6.02. The van der Waals surface area contributed by atoms with Crippen LogP contribution in [0.1, 0.15) is 64.9 Å². The van der Waals surface area contributed by atoms with Gasteiger partial charge in [0.2, 0.25) is 0 Å². The Hall–Kier alpha value is -1.59. The van der Waals surface area contributed by atoms with Crippen molar-refractivity contribution in [3.63, 3.8) is 0 Å². The molecule has 0 spiro atoms. The molecule has 0 heterocycles. The molecule has 1 amide bonds. The van der Waals surface area contributed by atoms with Gasteiger partial charge in [0.25, 0.3) is 5.91 Å². The van der Waals surface area contributed by atoms with Gasteiger partial charge in [-0.15, -0.1) is 0 Å². The van der Waals surface area contributed by atoms with E-state index in [1.54, 1.807) is 0 Å². The molecule has 1 aromatic rings. The van der Waals surface area contributed by atoms with Gasteiger partial charge in [0.05, 0.1) is 5.60 Å². The van der Waals surface area contributed by atoms with Crippen molar-refractivity contribution >= 4 is 5.91 Å². The van der Waals surface area contributed by atoms with E-state index in [1.165, 1.54) is 24.8 Å². The van der Waals surface area contributed by atoms with Crippen molar-refractivity contribution in [1.29, 1.82) is 0 Å². The van der Waals surface area contributed by atoms with Crippen LogP contribution in [0.2, 0.25) is 0 Å². The van der Waals surface area contributed by atoms with Gasteiger partial charge in [0.1, 0.15) is 5.75 Å². The number of hydrogen-bond acceptors (Lipinski definition) is 4. The number of benzene rings is 1. The average Bonchev–Trinajstić information content (AvgIpc) is 2.55. The summed E-state index contributed by atoms with van der Waals surface area (Å²) in [5.41, 5.74) is 0.635. The fourth-order valence-corrected chi connectivity index (χ4v) is 6.02. The van der Waals surface area contributed by atoms with Crippen molar-refractivity contribution in [3.8, 4) is 5.75 Å². The van der Waals surface area contributed by atoms with Gasteiger partial charge in [-0.25, -0.2) is 0 Å². The summed E-state index contributed by atoms with van der Waals surface area (Å²) in [5.74, 6) is 1.97. The monoisotopic (exact) mass is 386 g/mol. The second kappa shape index (κ2) is 7.03. The summed E-state index contributed by atoms with van der Waals surface area (Å²) in [6, 6.07) is 7.96. The standard InChI is InChI=1S/C23H34N2O3/c1-21(2,3)25-20(26)14-28-19-6-4-16(5-7-19)13-24-22-9-17-8-18(10-22)12-23(27,11-17)15-22/h4-7,17-18,24,27H,8-15H2,1-3H3,(H,25,26)/t17-,18-,22?,23?/m1/s1. The first-order chi connectivity index (χ1) is 13.1. The highest BCUT2D eigenvalue weighted by atomic mass is 16.5. The van der Waals surface area contributed by atoms with Gasteiger partial charge in [0, 0.05) is 17.6 Å². The molecule has 0 saturated heterocycles. The number of carbonyl (C=O) groups is 1. The maximum absolute atomic E-state index is 11.9. The molecule has 28 heavy (non-hydrogen) atoms. The van der Waals surface area contributed by atoms with Crippen molar-refractivity contribution in [3.05, 3.63) is 29.8 Å². The first-order valence-electron chi connectivity index (χ1n) is 10.6. The van der Waals surface area contributed by atoms with Gasteiger partial charge in [-0.1, -0.05) is 12.1 Å². The largest absolute Gasteiger partial charge is 0.484 e. The quantitative estimate of drug-likeness (QED) is 0.702. The molecule has 5 heteroatoms. The van der Waals surface area contributed by atoms with E-state index in [4.69, 9.17) is 4.74 Å². The van der Waals surface area contributed by atoms with Crippen molar-refractivity contribution in [2.24, 2.45) is 11.8 Å². The summed E-state index contributed by atoms with van der Waals surface area (Å²) in [7, 11) is 0. The Balaban J connectivity index is 1.29. The van der Waals surface area contributed by atoms with Crippen LogP contribution >= 0.6 is 0 Å². The van der Waals surface area contributed by atoms with Gasteiger partial charge >= 0.3 is 0 Å². The predicted molar refractivity (Wildman–Crippen MR) is 109 cm³/mol. The predicted octanol–water partition coefficient (Wildman–Crippen LogP) is 3.15. The second-order valence-electron chi connectivity index (χ2n) is 10.6. The Bertz CT molecular complexity index is 708. The lowest BCUT2D eigenvalue weighted by atomic mass is 9.51. The number of nitrogens with one attached hydrogen (secondary N) is 2. The maximum atomic E-state index is 11.9. The molecular formula is C23H34N2O3. The number of hydrogen-bond donors (Lipinski definition) is 3. The van der Waals surface area contributed by atoms with E-state index in [1.807, 2.05) is 32.9 Å². The van der Waals surface area contributed by atoms with Crippen LogP contribution in [0.5, 0.6) is 5.75 Å². The lowest BCUT2D eigenvalue weighted by Gasteiger charge is -2.60. The highest BCUT2D eigenvalue weighted by Gasteiger charge is 2.56. The van der Waals surface area contributed by atoms with E-state index < -0.39 is 5.60 Å². The molecule has 4 bridgehead atoms. The third-order valence-corrected chi connectivity index (χ3v) is 6.51. The van der Waals surface area contributed by atoms with Crippen LogP contribution in [-0.4, -0.2) is 34.3 Å². The van der Waals surface area contributed by atoms with Gasteiger partial charge < -0.3 is 20.5 Å². The Kier molecular flexibility index (Phi) is 4.95. The zero-order chi connectivity index (χ0) is 20.0. The minimum Gasteiger partial charge on any atom is -0.484 e. The lowest BCUT2D eigenvalue weighted by molar-refractivity contribution is -0.142. The topological polar surface area (TPSA) is 70.6 Å². The molecule has 154 valence electrons. The van der Waals surface area contributed by atoms with Crippen LogP contribution in [0, 0.1) is 11.8 Å². The molecule has 4 aliphatic rings. The van der Waals surface area contributed by atoms with Crippen molar-refractivity contribution in [2.45, 2.75) is 82.5 Å². The average molecular weight is 387 g/mol. The number of ether oxygens (including phenoxy) is 1. The van der Waals surface area contributed by atoms with Crippen molar-refractivity contribution < 1.29 is 14.6 Å².